The van der Waals surface area contributed by atoms with Gasteiger partial charge in [-0.05, 0) is 49.2 Å². The third-order valence-corrected chi connectivity index (χ3v) is 5.48. The normalized spacial score (nSPS) is 23.1. The van der Waals surface area contributed by atoms with Crippen molar-refractivity contribution in [1.29, 1.82) is 0 Å². The van der Waals surface area contributed by atoms with Crippen LogP contribution in [0.25, 0.3) is 0 Å². The standard InChI is InChI=1S/C19H21NO3.ClH/c1-20-9-6-12-10-15(22-2)18(23-3)17-16(12)14(20)11-19(17)7-4-13(21)5-8-19;/h4-5,7-8,10,14H,6,9,11H2,1-3H3;1H. The summed E-state index contributed by atoms with van der Waals surface area (Å²) in [5, 5.41) is 0. The van der Waals surface area contributed by atoms with E-state index in [0.29, 0.717) is 6.04 Å². The van der Waals surface area contributed by atoms with Crippen LogP contribution in [0.2, 0.25) is 0 Å². The van der Waals surface area contributed by atoms with Crippen LogP contribution in [0.15, 0.2) is 30.4 Å². The number of carbonyl (C=O) groups is 1. The highest BCUT2D eigenvalue weighted by Crippen LogP contribution is 2.58. The Kier molecular flexibility index (Phi) is 4.22. The molecule has 1 aromatic rings. The summed E-state index contributed by atoms with van der Waals surface area (Å²) in [5.41, 5.74) is 3.60. The van der Waals surface area contributed by atoms with Crippen molar-refractivity contribution in [3.63, 3.8) is 0 Å². The molecule has 0 saturated heterocycles. The van der Waals surface area contributed by atoms with Crippen LogP contribution in [0, 0.1) is 0 Å². The van der Waals surface area contributed by atoms with Crippen LogP contribution in [-0.4, -0.2) is 38.5 Å². The summed E-state index contributed by atoms with van der Waals surface area (Å²) in [6.07, 6.45) is 9.40. The topological polar surface area (TPSA) is 38.8 Å². The molecule has 24 heavy (non-hydrogen) atoms. The molecule has 0 N–H and O–H groups in total. The highest BCUT2D eigenvalue weighted by atomic mass is 35.5. The number of hydrogen-bond donors (Lipinski definition) is 0. The van der Waals surface area contributed by atoms with Gasteiger partial charge in [0.15, 0.2) is 17.3 Å². The molecule has 1 unspecified atom stereocenters. The minimum absolute atomic E-state index is 0. The third-order valence-electron chi connectivity index (χ3n) is 5.48. The first-order chi connectivity index (χ1) is 11.1. The monoisotopic (exact) mass is 347 g/mol. The van der Waals surface area contributed by atoms with Crippen molar-refractivity contribution >= 4 is 18.2 Å². The fraction of sp³-hybridized carbons (Fsp3) is 0.421. The molecule has 0 bridgehead atoms. The molecule has 1 spiro atoms. The molecule has 0 fully saturated rings. The van der Waals surface area contributed by atoms with Gasteiger partial charge in [0.05, 0.1) is 14.2 Å². The average Bonchev–Trinajstić information content (AvgIpc) is 2.90. The smallest absolute Gasteiger partial charge is 0.178 e. The van der Waals surface area contributed by atoms with Gasteiger partial charge >= 0.3 is 0 Å². The quantitative estimate of drug-likeness (QED) is 0.824. The molecule has 0 radical (unpaired) electrons. The van der Waals surface area contributed by atoms with E-state index in [-0.39, 0.29) is 23.6 Å². The molecule has 1 atom stereocenters. The molecule has 4 nitrogen and oxygen atoms in total. The van der Waals surface area contributed by atoms with Gasteiger partial charge in [-0.15, -0.1) is 12.4 Å². The van der Waals surface area contributed by atoms with Crippen LogP contribution in [0.3, 0.4) is 0 Å². The van der Waals surface area contributed by atoms with Crippen LogP contribution >= 0.6 is 12.4 Å². The maximum absolute atomic E-state index is 11.6. The van der Waals surface area contributed by atoms with Gasteiger partial charge in [0, 0.05) is 23.6 Å². The van der Waals surface area contributed by atoms with E-state index >= 15 is 0 Å². The molecule has 4 rings (SSSR count). The predicted octanol–water partition coefficient (Wildman–Crippen LogP) is 2.99. The predicted molar refractivity (Wildman–Crippen MR) is 95.5 cm³/mol. The number of ketones is 1. The summed E-state index contributed by atoms with van der Waals surface area (Å²) in [6, 6.07) is 2.48. The molecule has 1 heterocycles. The summed E-state index contributed by atoms with van der Waals surface area (Å²) < 4.78 is 11.3. The number of methoxy groups -OCH3 is 2. The van der Waals surface area contributed by atoms with Gasteiger partial charge in [-0.2, -0.15) is 0 Å². The van der Waals surface area contributed by atoms with E-state index in [2.05, 4.69) is 18.0 Å². The maximum atomic E-state index is 11.6. The number of fused-ring (bicyclic) bond motifs is 1. The molecular formula is C19H22ClNO3. The third kappa shape index (κ3) is 2.20. The first-order valence-electron chi connectivity index (χ1n) is 8.00. The van der Waals surface area contributed by atoms with Gasteiger partial charge < -0.3 is 9.47 Å². The fourth-order valence-electron chi connectivity index (χ4n) is 4.34. The lowest BCUT2D eigenvalue weighted by Gasteiger charge is -2.32. The Bertz CT molecular complexity index is 737. The number of benzene rings is 1. The average molecular weight is 348 g/mol. The zero-order valence-corrected chi connectivity index (χ0v) is 15.0. The Morgan fingerprint density at radius 1 is 1.21 bits per heavy atom. The Hall–Kier alpha value is -1.78. The summed E-state index contributed by atoms with van der Waals surface area (Å²) in [4.78, 5) is 14.1. The van der Waals surface area contributed by atoms with E-state index in [1.54, 1.807) is 26.4 Å². The number of allylic oxidation sites excluding steroid dienone is 4. The van der Waals surface area contributed by atoms with E-state index in [9.17, 15) is 4.79 Å². The van der Waals surface area contributed by atoms with Crippen molar-refractivity contribution in [3.8, 4) is 11.5 Å². The summed E-state index contributed by atoms with van der Waals surface area (Å²) in [7, 11) is 5.55. The van der Waals surface area contributed by atoms with Crippen molar-refractivity contribution in [1.82, 2.24) is 4.90 Å². The molecule has 1 aliphatic heterocycles. The van der Waals surface area contributed by atoms with Crippen molar-refractivity contribution < 1.29 is 14.3 Å². The molecule has 0 amide bonds. The summed E-state index contributed by atoms with van der Waals surface area (Å²) in [5.74, 6) is 1.63. The Morgan fingerprint density at radius 3 is 2.54 bits per heavy atom. The minimum Gasteiger partial charge on any atom is -0.493 e. The van der Waals surface area contributed by atoms with Crippen LogP contribution in [-0.2, 0) is 16.6 Å². The molecule has 2 aliphatic carbocycles. The van der Waals surface area contributed by atoms with Crippen molar-refractivity contribution in [2.45, 2.75) is 24.3 Å². The van der Waals surface area contributed by atoms with Gasteiger partial charge in [-0.25, -0.2) is 0 Å². The van der Waals surface area contributed by atoms with Crippen molar-refractivity contribution in [2.75, 3.05) is 27.8 Å². The summed E-state index contributed by atoms with van der Waals surface area (Å²) in [6.45, 7) is 1.04. The van der Waals surface area contributed by atoms with Crippen LogP contribution in [0.4, 0.5) is 0 Å². The van der Waals surface area contributed by atoms with E-state index in [1.807, 2.05) is 12.2 Å². The number of nitrogens with zero attached hydrogens (tertiary/aromatic N) is 1. The number of halogens is 1. The Labute approximate surface area is 148 Å². The largest absolute Gasteiger partial charge is 0.493 e. The van der Waals surface area contributed by atoms with E-state index in [1.165, 1.54) is 16.7 Å². The molecule has 5 heteroatoms. The molecule has 3 aliphatic rings. The highest BCUT2D eigenvalue weighted by molar-refractivity contribution is 6.01. The molecule has 1 aromatic carbocycles. The maximum Gasteiger partial charge on any atom is 0.178 e. The van der Waals surface area contributed by atoms with Crippen molar-refractivity contribution in [2.24, 2.45) is 0 Å². The number of hydrogen-bond acceptors (Lipinski definition) is 4. The van der Waals surface area contributed by atoms with Gasteiger partial charge in [0.2, 0.25) is 0 Å². The SMILES string of the molecule is COc1cc2c3c(c1OC)C1(C=CC(=O)C=C1)CC3N(C)CC2.Cl. The second-order valence-electron chi connectivity index (χ2n) is 6.62. The Morgan fingerprint density at radius 2 is 1.92 bits per heavy atom. The Balaban J connectivity index is 0.00000169. The van der Waals surface area contributed by atoms with Gasteiger partial charge in [0.25, 0.3) is 0 Å². The second-order valence-corrected chi connectivity index (χ2v) is 6.62. The van der Waals surface area contributed by atoms with Gasteiger partial charge in [-0.1, -0.05) is 12.2 Å². The minimum atomic E-state index is -0.277. The zero-order chi connectivity index (χ0) is 16.2. The van der Waals surface area contributed by atoms with Gasteiger partial charge in [0.1, 0.15) is 0 Å². The lowest BCUT2D eigenvalue weighted by Crippen LogP contribution is -2.31. The van der Waals surface area contributed by atoms with Crippen LogP contribution < -0.4 is 9.47 Å². The first kappa shape index (κ1) is 17.1. The van der Waals surface area contributed by atoms with Gasteiger partial charge in [-0.3, -0.25) is 9.69 Å². The van der Waals surface area contributed by atoms with Crippen molar-refractivity contribution in [3.05, 3.63) is 47.1 Å². The molecule has 0 saturated carbocycles. The van der Waals surface area contributed by atoms with E-state index < -0.39 is 0 Å². The van der Waals surface area contributed by atoms with Crippen LogP contribution in [0.1, 0.15) is 29.2 Å². The number of ether oxygens (including phenoxy) is 2. The lowest BCUT2D eigenvalue weighted by atomic mass is 9.77. The second kappa shape index (κ2) is 5.94. The zero-order valence-electron chi connectivity index (χ0n) is 14.2. The summed E-state index contributed by atoms with van der Waals surface area (Å²) >= 11 is 0. The first-order valence-corrected chi connectivity index (χ1v) is 8.00. The molecular weight excluding hydrogens is 326 g/mol. The lowest BCUT2D eigenvalue weighted by molar-refractivity contribution is -0.110. The fourth-order valence-corrected chi connectivity index (χ4v) is 4.34. The number of likely N-dealkylation sites (N-methyl/N-ethyl adjacent to an activating group) is 1. The van der Waals surface area contributed by atoms with E-state index in [0.717, 1.165) is 30.9 Å². The number of carbonyl (C=O) groups excluding carboxylic acids is 1. The van der Waals surface area contributed by atoms with E-state index in [4.69, 9.17) is 9.47 Å². The highest BCUT2D eigenvalue weighted by Gasteiger charge is 2.48. The van der Waals surface area contributed by atoms with Crippen LogP contribution in [0.5, 0.6) is 11.5 Å². The molecule has 0 aromatic heterocycles. The molecule has 128 valence electrons. The number of rotatable bonds is 2.